The van der Waals surface area contributed by atoms with Crippen molar-refractivity contribution in [2.75, 3.05) is 26.7 Å². The number of nitrogens with two attached hydrogens (primary N) is 1. The Morgan fingerprint density at radius 2 is 2.39 bits per heavy atom. The topological polar surface area (TPSA) is 51.4 Å². The maximum atomic E-state index is 5.99. The maximum Gasteiger partial charge on any atom is 0.0743 e. The van der Waals surface area contributed by atoms with Crippen LogP contribution in [0.15, 0.2) is 24.4 Å². The summed E-state index contributed by atoms with van der Waals surface area (Å²) in [6.07, 6.45) is 4.01. The lowest BCUT2D eigenvalue weighted by Crippen LogP contribution is -2.57. The van der Waals surface area contributed by atoms with Gasteiger partial charge in [0.05, 0.1) is 11.6 Å². The number of nitrogens with zero attached hydrogens (tertiary/aromatic N) is 2. The molecule has 100 valence electrons. The van der Waals surface area contributed by atoms with Crippen LogP contribution in [0, 0.1) is 0 Å². The Bertz CT molecular complexity index is 371. The molecule has 2 unspecified atom stereocenters. The van der Waals surface area contributed by atoms with Gasteiger partial charge in [0, 0.05) is 38.0 Å². The van der Waals surface area contributed by atoms with Crippen molar-refractivity contribution in [3.63, 3.8) is 0 Å². The first kappa shape index (κ1) is 13.5. The zero-order chi connectivity index (χ0) is 13.0. The Kier molecular flexibility index (Phi) is 4.32. The van der Waals surface area contributed by atoms with Crippen molar-refractivity contribution in [2.24, 2.45) is 5.73 Å². The molecule has 2 atom stereocenters. The SMILES string of the molecule is CC1OCCC1(CN)N(C)CCc1ccccn1. The molecule has 0 bridgehead atoms. The van der Waals surface area contributed by atoms with E-state index >= 15 is 0 Å². The van der Waals surface area contributed by atoms with Gasteiger partial charge in [0.25, 0.3) is 0 Å². The number of likely N-dealkylation sites (N-methyl/N-ethyl adjacent to an activating group) is 1. The third-order valence-electron chi connectivity index (χ3n) is 4.20. The van der Waals surface area contributed by atoms with Crippen LogP contribution >= 0.6 is 0 Å². The molecule has 1 saturated heterocycles. The minimum Gasteiger partial charge on any atom is -0.376 e. The van der Waals surface area contributed by atoms with Crippen molar-refractivity contribution in [1.29, 1.82) is 0 Å². The van der Waals surface area contributed by atoms with Gasteiger partial charge in [-0.3, -0.25) is 9.88 Å². The molecule has 0 saturated carbocycles. The largest absolute Gasteiger partial charge is 0.376 e. The number of rotatable bonds is 5. The third kappa shape index (κ3) is 2.55. The standard InChI is InChI=1S/C14H23N3O/c1-12-14(11-15,7-10-18-12)17(2)9-6-13-5-3-4-8-16-13/h3-5,8,12H,6-7,9-11,15H2,1-2H3. The fraction of sp³-hybridized carbons (Fsp3) is 0.643. The Balaban J connectivity index is 1.96. The molecule has 0 aromatic carbocycles. The Morgan fingerprint density at radius 1 is 1.56 bits per heavy atom. The first-order chi connectivity index (χ1) is 8.69. The Morgan fingerprint density at radius 3 is 2.94 bits per heavy atom. The average molecular weight is 249 g/mol. The zero-order valence-electron chi connectivity index (χ0n) is 11.3. The van der Waals surface area contributed by atoms with Gasteiger partial charge in [0.1, 0.15) is 0 Å². The fourth-order valence-electron chi connectivity index (χ4n) is 2.75. The van der Waals surface area contributed by atoms with Gasteiger partial charge >= 0.3 is 0 Å². The fourth-order valence-corrected chi connectivity index (χ4v) is 2.75. The van der Waals surface area contributed by atoms with Crippen LogP contribution in [0.1, 0.15) is 19.0 Å². The predicted octanol–water partition coefficient (Wildman–Crippen LogP) is 1.06. The second-order valence-corrected chi connectivity index (χ2v) is 5.06. The first-order valence-corrected chi connectivity index (χ1v) is 6.62. The van der Waals surface area contributed by atoms with E-state index in [0.717, 1.165) is 31.7 Å². The number of ether oxygens (including phenoxy) is 1. The smallest absolute Gasteiger partial charge is 0.0743 e. The number of aromatic nitrogens is 1. The van der Waals surface area contributed by atoms with Crippen LogP contribution in [0.3, 0.4) is 0 Å². The van der Waals surface area contributed by atoms with Crippen molar-refractivity contribution < 1.29 is 4.74 Å². The summed E-state index contributed by atoms with van der Waals surface area (Å²) >= 11 is 0. The quantitative estimate of drug-likeness (QED) is 0.848. The van der Waals surface area contributed by atoms with Crippen LogP contribution in [0.2, 0.25) is 0 Å². The summed E-state index contributed by atoms with van der Waals surface area (Å²) < 4.78 is 5.70. The van der Waals surface area contributed by atoms with Crippen LogP contribution < -0.4 is 5.73 Å². The van der Waals surface area contributed by atoms with Crippen molar-refractivity contribution in [1.82, 2.24) is 9.88 Å². The molecular formula is C14H23N3O. The van der Waals surface area contributed by atoms with Gasteiger partial charge in [0.15, 0.2) is 0 Å². The van der Waals surface area contributed by atoms with Crippen molar-refractivity contribution in [3.05, 3.63) is 30.1 Å². The van der Waals surface area contributed by atoms with Gasteiger partial charge in [-0.25, -0.2) is 0 Å². The molecule has 2 heterocycles. The van der Waals surface area contributed by atoms with Crippen LogP contribution in [0.5, 0.6) is 0 Å². The first-order valence-electron chi connectivity index (χ1n) is 6.62. The summed E-state index contributed by atoms with van der Waals surface area (Å²) in [6.45, 7) is 4.54. The highest BCUT2D eigenvalue weighted by Gasteiger charge is 2.43. The zero-order valence-corrected chi connectivity index (χ0v) is 11.3. The van der Waals surface area contributed by atoms with Crippen LogP contribution in [0.25, 0.3) is 0 Å². The second-order valence-electron chi connectivity index (χ2n) is 5.06. The van der Waals surface area contributed by atoms with E-state index in [1.54, 1.807) is 0 Å². The van der Waals surface area contributed by atoms with Gasteiger partial charge in [0.2, 0.25) is 0 Å². The molecule has 1 aliphatic rings. The highest BCUT2D eigenvalue weighted by molar-refractivity contribution is 5.05. The summed E-state index contributed by atoms with van der Waals surface area (Å²) in [4.78, 5) is 6.70. The molecule has 0 radical (unpaired) electrons. The molecule has 0 amide bonds. The highest BCUT2D eigenvalue weighted by Crippen LogP contribution is 2.30. The molecule has 4 heteroatoms. The number of hydrogen-bond acceptors (Lipinski definition) is 4. The van der Waals surface area contributed by atoms with Gasteiger partial charge < -0.3 is 10.5 Å². The Hall–Kier alpha value is -0.970. The highest BCUT2D eigenvalue weighted by atomic mass is 16.5. The molecule has 1 aliphatic heterocycles. The van der Waals surface area contributed by atoms with E-state index in [0.29, 0.717) is 6.54 Å². The van der Waals surface area contributed by atoms with Crippen molar-refractivity contribution in [3.8, 4) is 0 Å². The number of pyridine rings is 1. The summed E-state index contributed by atoms with van der Waals surface area (Å²) in [5.41, 5.74) is 7.11. The van der Waals surface area contributed by atoms with E-state index in [4.69, 9.17) is 10.5 Å². The monoisotopic (exact) mass is 249 g/mol. The summed E-state index contributed by atoms with van der Waals surface area (Å²) in [5.74, 6) is 0. The normalized spacial score (nSPS) is 27.9. The lowest BCUT2D eigenvalue weighted by molar-refractivity contribution is 0.0288. The van der Waals surface area contributed by atoms with Crippen LogP contribution in [-0.2, 0) is 11.2 Å². The van der Waals surface area contributed by atoms with E-state index in [2.05, 4.69) is 29.9 Å². The lowest BCUT2D eigenvalue weighted by atomic mass is 9.90. The Labute approximate surface area is 109 Å². The molecule has 2 rings (SSSR count). The van der Waals surface area contributed by atoms with Gasteiger partial charge in [-0.2, -0.15) is 0 Å². The van der Waals surface area contributed by atoms with Gasteiger partial charge in [-0.1, -0.05) is 6.07 Å². The van der Waals surface area contributed by atoms with Crippen LogP contribution in [0.4, 0.5) is 0 Å². The molecule has 4 nitrogen and oxygen atoms in total. The lowest BCUT2D eigenvalue weighted by Gasteiger charge is -2.40. The molecule has 2 N–H and O–H groups in total. The van der Waals surface area contributed by atoms with Crippen molar-refractivity contribution in [2.45, 2.75) is 31.4 Å². The maximum absolute atomic E-state index is 5.99. The summed E-state index contributed by atoms with van der Waals surface area (Å²) in [6, 6.07) is 6.04. The van der Waals surface area contributed by atoms with E-state index in [1.165, 1.54) is 0 Å². The summed E-state index contributed by atoms with van der Waals surface area (Å²) in [5, 5.41) is 0. The van der Waals surface area contributed by atoms with Gasteiger partial charge in [-0.05, 0) is 32.5 Å². The van der Waals surface area contributed by atoms with E-state index < -0.39 is 0 Å². The molecule has 18 heavy (non-hydrogen) atoms. The summed E-state index contributed by atoms with van der Waals surface area (Å²) in [7, 11) is 2.14. The molecule has 0 aliphatic carbocycles. The van der Waals surface area contributed by atoms with Crippen molar-refractivity contribution >= 4 is 0 Å². The van der Waals surface area contributed by atoms with E-state index in [-0.39, 0.29) is 11.6 Å². The van der Waals surface area contributed by atoms with E-state index in [1.807, 2.05) is 18.3 Å². The van der Waals surface area contributed by atoms with Crippen LogP contribution in [-0.4, -0.2) is 48.3 Å². The molecule has 1 fully saturated rings. The predicted molar refractivity (Wildman–Crippen MR) is 72.4 cm³/mol. The molecule has 0 spiro atoms. The molecule has 1 aromatic heterocycles. The minimum absolute atomic E-state index is 0.00518. The second kappa shape index (κ2) is 5.78. The van der Waals surface area contributed by atoms with E-state index in [9.17, 15) is 0 Å². The average Bonchev–Trinajstić information content (AvgIpc) is 2.79. The minimum atomic E-state index is -0.00518. The van der Waals surface area contributed by atoms with Gasteiger partial charge in [-0.15, -0.1) is 0 Å². The third-order valence-corrected chi connectivity index (χ3v) is 4.20. The molecule has 1 aromatic rings. The molecular weight excluding hydrogens is 226 g/mol. The number of hydrogen-bond donors (Lipinski definition) is 1.